The Morgan fingerprint density at radius 3 is 2.56 bits per heavy atom. The average molecular weight is 480 g/mol. The molecule has 0 radical (unpaired) electrons. The molecule has 0 fully saturated rings. The van der Waals surface area contributed by atoms with Gasteiger partial charge in [-0.1, -0.05) is 30.0 Å². The van der Waals surface area contributed by atoms with E-state index in [1.54, 1.807) is 43.3 Å². The van der Waals surface area contributed by atoms with Gasteiger partial charge in [0.1, 0.15) is 17.3 Å². The first-order chi connectivity index (χ1) is 16.4. The minimum Gasteiger partial charge on any atom is -0.467 e. The van der Waals surface area contributed by atoms with Crippen LogP contribution in [0.4, 0.5) is 10.6 Å². The number of benzene rings is 1. The van der Waals surface area contributed by atoms with E-state index in [4.69, 9.17) is 8.83 Å². The number of carbonyl (C=O) groups is 3. The lowest BCUT2D eigenvalue weighted by Crippen LogP contribution is -2.39. The number of imide groups is 1. The van der Waals surface area contributed by atoms with Gasteiger partial charge in [0.2, 0.25) is 11.6 Å². The van der Waals surface area contributed by atoms with Gasteiger partial charge in [0, 0.05) is 11.1 Å². The number of amides is 4. The van der Waals surface area contributed by atoms with Crippen molar-refractivity contribution >= 4 is 46.5 Å². The molecule has 0 unspecified atom stereocenters. The van der Waals surface area contributed by atoms with E-state index in [2.05, 4.69) is 25.9 Å². The predicted molar refractivity (Wildman–Crippen MR) is 125 cm³/mol. The minimum absolute atomic E-state index is 0.121. The lowest BCUT2D eigenvalue weighted by molar-refractivity contribution is -0.117. The smallest absolute Gasteiger partial charge is 0.321 e. The van der Waals surface area contributed by atoms with E-state index in [9.17, 15) is 14.4 Å². The summed E-state index contributed by atoms with van der Waals surface area (Å²) in [6, 6.07) is 11.5. The molecule has 4 rings (SSSR count). The van der Waals surface area contributed by atoms with E-state index >= 15 is 0 Å². The second-order valence-corrected chi connectivity index (χ2v) is 8.18. The Bertz CT molecular complexity index is 1340. The van der Waals surface area contributed by atoms with Crippen LogP contribution in [-0.4, -0.2) is 33.6 Å². The number of fused-ring (bicyclic) bond motifs is 1. The van der Waals surface area contributed by atoms with Crippen LogP contribution in [0.2, 0.25) is 0 Å². The van der Waals surface area contributed by atoms with Gasteiger partial charge in [0.25, 0.3) is 5.91 Å². The quantitative estimate of drug-likeness (QED) is 0.269. The molecule has 0 bridgehead atoms. The molecule has 3 N–H and O–H groups in total. The standard InChI is InChI=1S/C23H21N5O5S/c1-13-14(2)33-21-18(13)19(26-20(30)15-7-4-3-5-8-15)27-23(28-21)34-12-17(29)25-22(31)24-11-16-9-6-10-32-16/h3-10H,11-12H2,1-2H3,(H2,24,25,29,31)(H,26,27,28,30). The molecule has 0 spiro atoms. The summed E-state index contributed by atoms with van der Waals surface area (Å²) in [5.74, 6) is 0.505. The summed E-state index contributed by atoms with van der Waals surface area (Å²) in [6.45, 7) is 3.80. The van der Waals surface area contributed by atoms with Gasteiger partial charge in [-0.3, -0.25) is 14.9 Å². The Morgan fingerprint density at radius 2 is 1.82 bits per heavy atom. The molecule has 4 aromatic rings. The Kier molecular flexibility index (Phi) is 6.93. The highest BCUT2D eigenvalue weighted by molar-refractivity contribution is 7.99. The lowest BCUT2D eigenvalue weighted by atomic mass is 10.2. The molecule has 0 aliphatic rings. The Morgan fingerprint density at radius 1 is 1.03 bits per heavy atom. The van der Waals surface area contributed by atoms with Gasteiger partial charge in [0.05, 0.1) is 23.9 Å². The van der Waals surface area contributed by atoms with Crippen LogP contribution in [-0.2, 0) is 11.3 Å². The number of nitrogens with one attached hydrogen (secondary N) is 3. The monoisotopic (exact) mass is 479 g/mol. The predicted octanol–water partition coefficient (Wildman–Crippen LogP) is 3.80. The van der Waals surface area contributed by atoms with E-state index in [0.29, 0.717) is 28.2 Å². The number of rotatable bonds is 7. The van der Waals surface area contributed by atoms with Gasteiger partial charge in [0.15, 0.2) is 5.16 Å². The van der Waals surface area contributed by atoms with Gasteiger partial charge >= 0.3 is 6.03 Å². The van der Waals surface area contributed by atoms with E-state index in [-0.39, 0.29) is 29.2 Å². The maximum Gasteiger partial charge on any atom is 0.321 e. The van der Waals surface area contributed by atoms with Crippen LogP contribution in [0.5, 0.6) is 0 Å². The topological polar surface area (TPSA) is 139 Å². The van der Waals surface area contributed by atoms with Crippen molar-refractivity contribution in [1.29, 1.82) is 0 Å². The second kappa shape index (κ2) is 10.2. The Balaban J connectivity index is 1.44. The summed E-state index contributed by atoms with van der Waals surface area (Å²) < 4.78 is 10.8. The highest BCUT2D eigenvalue weighted by atomic mass is 32.2. The van der Waals surface area contributed by atoms with Crippen molar-refractivity contribution in [3.63, 3.8) is 0 Å². The SMILES string of the molecule is Cc1oc2nc(SCC(=O)NC(=O)NCc3ccco3)nc(NC(=O)c3ccccc3)c2c1C. The molecule has 0 atom stereocenters. The van der Waals surface area contributed by atoms with Crippen LogP contribution in [0, 0.1) is 13.8 Å². The number of nitrogens with zero attached hydrogens (tertiary/aromatic N) is 2. The van der Waals surface area contributed by atoms with Crippen LogP contribution in [0.25, 0.3) is 11.1 Å². The van der Waals surface area contributed by atoms with Crippen molar-refractivity contribution < 1.29 is 23.2 Å². The number of furan rings is 2. The lowest BCUT2D eigenvalue weighted by Gasteiger charge is -2.08. The molecule has 0 aliphatic carbocycles. The number of thioether (sulfide) groups is 1. The number of urea groups is 1. The largest absolute Gasteiger partial charge is 0.467 e. The van der Waals surface area contributed by atoms with Gasteiger partial charge < -0.3 is 19.5 Å². The third kappa shape index (κ3) is 5.44. The summed E-state index contributed by atoms with van der Waals surface area (Å²) in [5.41, 5.74) is 1.58. The second-order valence-electron chi connectivity index (χ2n) is 7.24. The molecule has 0 saturated carbocycles. The molecule has 0 aliphatic heterocycles. The molecule has 3 heterocycles. The third-order valence-electron chi connectivity index (χ3n) is 4.86. The first-order valence-corrected chi connectivity index (χ1v) is 11.3. The van der Waals surface area contributed by atoms with Gasteiger partial charge in [-0.2, -0.15) is 4.98 Å². The highest BCUT2D eigenvalue weighted by Crippen LogP contribution is 2.31. The van der Waals surface area contributed by atoms with Crippen molar-refractivity contribution in [2.45, 2.75) is 25.5 Å². The average Bonchev–Trinajstić information content (AvgIpc) is 3.45. The number of hydrogen-bond acceptors (Lipinski definition) is 8. The molecule has 1 aromatic carbocycles. The highest BCUT2D eigenvalue weighted by Gasteiger charge is 2.19. The molecular formula is C23H21N5O5S. The number of aromatic nitrogens is 2. The summed E-state index contributed by atoms with van der Waals surface area (Å²) in [5, 5.41) is 8.37. The van der Waals surface area contributed by atoms with Gasteiger partial charge in [-0.05, 0) is 38.1 Å². The number of aryl methyl sites for hydroxylation is 2. The Hall–Kier alpha value is -4.12. The fourth-order valence-corrected chi connectivity index (χ4v) is 3.71. The van der Waals surface area contributed by atoms with Crippen molar-refractivity contribution in [2.75, 3.05) is 11.1 Å². The van der Waals surface area contributed by atoms with Crippen LogP contribution in [0.1, 0.15) is 27.4 Å². The van der Waals surface area contributed by atoms with Crippen molar-refractivity contribution in [3.8, 4) is 0 Å². The minimum atomic E-state index is -0.647. The first kappa shape index (κ1) is 23.1. The zero-order valence-electron chi connectivity index (χ0n) is 18.4. The number of carbonyl (C=O) groups excluding carboxylic acids is 3. The van der Waals surface area contributed by atoms with E-state index in [1.165, 1.54) is 6.26 Å². The number of anilines is 1. The molecule has 4 amide bonds. The van der Waals surface area contributed by atoms with Crippen molar-refractivity contribution in [3.05, 3.63) is 71.4 Å². The first-order valence-electron chi connectivity index (χ1n) is 10.3. The van der Waals surface area contributed by atoms with E-state index in [1.807, 2.05) is 13.0 Å². The van der Waals surface area contributed by atoms with Gasteiger partial charge in [-0.25, -0.2) is 9.78 Å². The van der Waals surface area contributed by atoms with Gasteiger partial charge in [-0.15, -0.1) is 0 Å². The molecule has 34 heavy (non-hydrogen) atoms. The Labute approximate surface area is 198 Å². The molecule has 11 heteroatoms. The maximum absolute atomic E-state index is 12.7. The fraction of sp³-hybridized carbons (Fsp3) is 0.174. The zero-order chi connectivity index (χ0) is 24.1. The number of hydrogen-bond donors (Lipinski definition) is 3. The molecule has 10 nitrogen and oxygen atoms in total. The summed E-state index contributed by atoms with van der Waals surface area (Å²) in [7, 11) is 0. The summed E-state index contributed by atoms with van der Waals surface area (Å²) in [6.07, 6.45) is 1.49. The normalized spacial score (nSPS) is 10.8. The van der Waals surface area contributed by atoms with E-state index < -0.39 is 11.9 Å². The summed E-state index contributed by atoms with van der Waals surface area (Å²) in [4.78, 5) is 45.6. The third-order valence-corrected chi connectivity index (χ3v) is 5.71. The fourth-order valence-electron chi connectivity index (χ4n) is 3.07. The van der Waals surface area contributed by atoms with E-state index in [0.717, 1.165) is 17.3 Å². The van der Waals surface area contributed by atoms with Crippen LogP contribution < -0.4 is 16.0 Å². The maximum atomic E-state index is 12.7. The van der Waals surface area contributed by atoms with Crippen LogP contribution >= 0.6 is 11.8 Å². The molecule has 174 valence electrons. The van der Waals surface area contributed by atoms with Crippen LogP contribution in [0.3, 0.4) is 0 Å². The molecular weight excluding hydrogens is 458 g/mol. The molecule has 0 saturated heterocycles. The van der Waals surface area contributed by atoms with Crippen molar-refractivity contribution in [2.24, 2.45) is 0 Å². The van der Waals surface area contributed by atoms with Crippen LogP contribution in [0.15, 0.2) is 62.7 Å². The summed E-state index contributed by atoms with van der Waals surface area (Å²) >= 11 is 1.01. The molecule has 3 aromatic heterocycles. The van der Waals surface area contributed by atoms with Crippen molar-refractivity contribution in [1.82, 2.24) is 20.6 Å². The zero-order valence-corrected chi connectivity index (χ0v) is 19.2.